The molecule has 0 spiro atoms. The van der Waals surface area contributed by atoms with Gasteiger partial charge < -0.3 is 4.90 Å². The molecule has 1 N–H and O–H groups in total. The van der Waals surface area contributed by atoms with E-state index >= 15 is 0 Å². The van der Waals surface area contributed by atoms with Gasteiger partial charge >= 0.3 is 0 Å². The van der Waals surface area contributed by atoms with E-state index in [2.05, 4.69) is 4.72 Å². The van der Waals surface area contributed by atoms with E-state index in [9.17, 15) is 12.8 Å². The molecule has 0 saturated carbocycles. The Labute approximate surface area is 151 Å². The zero-order chi connectivity index (χ0) is 17.9. The Morgan fingerprint density at radius 3 is 2.25 bits per heavy atom. The van der Waals surface area contributed by atoms with E-state index in [1.54, 1.807) is 18.2 Å². The van der Waals surface area contributed by atoms with Crippen molar-refractivity contribution in [3.8, 4) is 0 Å². The number of sulfonamides is 1. The summed E-state index contributed by atoms with van der Waals surface area (Å²) in [6.45, 7) is 0.415. The lowest BCUT2D eigenvalue weighted by molar-refractivity contribution is 0.363. The molecule has 130 valence electrons. The number of nitrogens with one attached hydrogen (secondary N) is 1. The van der Waals surface area contributed by atoms with Gasteiger partial charge in [0.1, 0.15) is 5.82 Å². The van der Waals surface area contributed by atoms with E-state index in [-0.39, 0.29) is 4.90 Å². The largest absolute Gasteiger partial charge is 0.307 e. The zero-order valence-corrected chi connectivity index (χ0v) is 15.5. The molecule has 0 amide bonds. The van der Waals surface area contributed by atoms with Crippen LogP contribution in [0.4, 0.5) is 4.39 Å². The smallest absolute Gasteiger partial charge is 0.241 e. The summed E-state index contributed by atoms with van der Waals surface area (Å²) in [6.07, 6.45) is 0. The van der Waals surface area contributed by atoms with Crippen LogP contribution in [0.15, 0.2) is 47.4 Å². The molecule has 0 fully saturated rings. The Morgan fingerprint density at radius 1 is 1.08 bits per heavy atom. The summed E-state index contributed by atoms with van der Waals surface area (Å²) in [5.41, 5.74) is 0.684. The number of likely N-dealkylation sites (N-methyl/N-ethyl adjacent to an activating group) is 1. The van der Waals surface area contributed by atoms with E-state index in [1.807, 2.05) is 19.0 Å². The van der Waals surface area contributed by atoms with Gasteiger partial charge in [0.2, 0.25) is 10.0 Å². The first kappa shape index (κ1) is 19.1. The quantitative estimate of drug-likeness (QED) is 0.817. The third-order valence-corrected chi connectivity index (χ3v) is 5.54. The van der Waals surface area contributed by atoms with Crippen molar-refractivity contribution >= 4 is 33.2 Å². The molecule has 2 rings (SSSR count). The average molecular weight is 391 g/mol. The first-order chi connectivity index (χ1) is 11.2. The Balaban J connectivity index is 2.34. The first-order valence-electron chi connectivity index (χ1n) is 7.06. The number of halogens is 3. The molecule has 0 unspecified atom stereocenters. The van der Waals surface area contributed by atoms with Gasteiger partial charge in [-0.05, 0) is 56.1 Å². The molecular weight excluding hydrogens is 374 g/mol. The van der Waals surface area contributed by atoms with Crippen molar-refractivity contribution in [3.05, 3.63) is 63.9 Å². The summed E-state index contributed by atoms with van der Waals surface area (Å²) in [5.74, 6) is -0.497. The van der Waals surface area contributed by atoms with Crippen LogP contribution in [0.5, 0.6) is 0 Å². The molecule has 0 saturated heterocycles. The Morgan fingerprint density at radius 2 is 1.71 bits per heavy atom. The molecule has 0 aliphatic carbocycles. The Hall–Kier alpha value is -1.18. The number of hydrogen-bond donors (Lipinski definition) is 1. The maximum absolute atomic E-state index is 13.0. The second-order valence-electron chi connectivity index (χ2n) is 5.56. The van der Waals surface area contributed by atoms with Crippen molar-refractivity contribution < 1.29 is 12.8 Å². The van der Waals surface area contributed by atoms with E-state index in [4.69, 9.17) is 23.2 Å². The zero-order valence-electron chi connectivity index (χ0n) is 13.1. The predicted molar refractivity (Wildman–Crippen MR) is 94.5 cm³/mol. The van der Waals surface area contributed by atoms with Gasteiger partial charge in [0, 0.05) is 6.54 Å². The van der Waals surface area contributed by atoms with Crippen LogP contribution in [-0.4, -0.2) is 34.0 Å². The molecule has 0 aliphatic heterocycles. The van der Waals surface area contributed by atoms with Crippen LogP contribution in [0.25, 0.3) is 0 Å². The summed E-state index contributed by atoms with van der Waals surface area (Å²) < 4.78 is 40.7. The standard InChI is InChI=1S/C16H17Cl2FN2O2S/c1-21(2)10-16(11-3-8-14(17)15(18)9-11)20-24(22,23)13-6-4-12(19)5-7-13/h3-9,16,20H,10H2,1-2H3/t16-/m1/s1. The van der Waals surface area contributed by atoms with Gasteiger partial charge in [-0.25, -0.2) is 17.5 Å². The lowest BCUT2D eigenvalue weighted by atomic mass is 10.1. The summed E-state index contributed by atoms with van der Waals surface area (Å²) in [4.78, 5) is 1.84. The number of hydrogen-bond acceptors (Lipinski definition) is 3. The highest BCUT2D eigenvalue weighted by Gasteiger charge is 2.22. The number of rotatable bonds is 6. The Kier molecular flexibility index (Phi) is 6.22. The van der Waals surface area contributed by atoms with E-state index in [1.165, 1.54) is 12.1 Å². The van der Waals surface area contributed by atoms with Gasteiger partial charge in [-0.2, -0.15) is 0 Å². The molecule has 8 heteroatoms. The maximum Gasteiger partial charge on any atom is 0.241 e. The van der Waals surface area contributed by atoms with E-state index < -0.39 is 21.9 Å². The second-order valence-corrected chi connectivity index (χ2v) is 8.09. The van der Waals surface area contributed by atoms with Crippen molar-refractivity contribution in [2.75, 3.05) is 20.6 Å². The fourth-order valence-corrected chi connectivity index (χ4v) is 3.70. The van der Waals surface area contributed by atoms with Crippen molar-refractivity contribution in [2.24, 2.45) is 0 Å². The van der Waals surface area contributed by atoms with Crippen LogP contribution in [0.1, 0.15) is 11.6 Å². The highest BCUT2D eigenvalue weighted by atomic mass is 35.5. The van der Waals surface area contributed by atoms with Crippen LogP contribution < -0.4 is 4.72 Å². The van der Waals surface area contributed by atoms with Crippen molar-refractivity contribution in [3.63, 3.8) is 0 Å². The van der Waals surface area contributed by atoms with Crippen molar-refractivity contribution in [1.82, 2.24) is 9.62 Å². The molecular formula is C16H17Cl2FN2O2S. The van der Waals surface area contributed by atoms with Crippen LogP contribution >= 0.6 is 23.2 Å². The van der Waals surface area contributed by atoms with Gasteiger partial charge in [-0.1, -0.05) is 29.3 Å². The fourth-order valence-electron chi connectivity index (χ4n) is 2.17. The molecule has 2 aromatic rings. The summed E-state index contributed by atoms with van der Waals surface area (Å²) in [7, 11) is -0.152. The van der Waals surface area contributed by atoms with Gasteiger partial charge in [0.25, 0.3) is 0 Å². The Bertz CT molecular complexity index is 811. The normalized spacial score (nSPS) is 13.2. The van der Waals surface area contributed by atoms with Crippen molar-refractivity contribution in [2.45, 2.75) is 10.9 Å². The molecule has 0 radical (unpaired) electrons. The lowest BCUT2D eigenvalue weighted by Gasteiger charge is -2.23. The molecule has 24 heavy (non-hydrogen) atoms. The number of nitrogens with zero attached hydrogens (tertiary/aromatic N) is 1. The van der Waals surface area contributed by atoms with Crippen LogP contribution in [-0.2, 0) is 10.0 Å². The van der Waals surface area contributed by atoms with Crippen LogP contribution in [0.3, 0.4) is 0 Å². The third kappa shape index (κ3) is 4.91. The van der Waals surface area contributed by atoms with E-state index in [0.29, 0.717) is 22.2 Å². The number of benzene rings is 2. The SMILES string of the molecule is CN(C)C[C@@H](NS(=O)(=O)c1ccc(F)cc1)c1ccc(Cl)c(Cl)c1. The van der Waals surface area contributed by atoms with Crippen LogP contribution in [0.2, 0.25) is 10.0 Å². The molecule has 2 aromatic carbocycles. The predicted octanol–water partition coefficient (Wildman–Crippen LogP) is 3.71. The topological polar surface area (TPSA) is 49.4 Å². The minimum Gasteiger partial charge on any atom is -0.307 e. The fraction of sp³-hybridized carbons (Fsp3) is 0.250. The first-order valence-corrected chi connectivity index (χ1v) is 9.30. The van der Waals surface area contributed by atoms with E-state index in [0.717, 1.165) is 12.1 Å². The van der Waals surface area contributed by atoms with Gasteiger partial charge in [0.05, 0.1) is 21.0 Å². The average Bonchev–Trinajstić information content (AvgIpc) is 2.49. The van der Waals surface area contributed by atoms with Gasteiger partial charge in [0.15, 0.2) is 0 Å². The molecule has 0 bridgehead atoms. The molecule has 0 heterocycles. The third-order valence-electron chi connectivity index (χ3n) is 3.32. The minimum atomic E-state index is -3.81. The summed E-state index contributed by atoms with van der Waals surface area (Å²) in [6, 6.07) is 9.08. The van der Waals surface area contributed by atoms with Crippen LogP contribution in [0, 0.1) is 5.82 Å². The van der Waals surface area contributed by atoms with Gasteiger partial charge in [-0.3, -0.25) is 0 Å². The molecule has 1 atom stereocenters. The summed E-state index contributed by atoms with van der Waals surface area (Å²) >= 11 is 12.0. The monoisotopic (exact) mass is 390 g/mol. The highest BCUT2D eigenvalue weighted by molar-refractivity contribution is 7.89. The molecule has 0 aromatic heterocycles. The van der Waals surface area contributed by atoms with Gasteiger partial charge in [-0.15, -0.1) is 0 Å². The van der Waals surface area contributed by atoms with Crippen molar-refractivity contribution in [1.29, 1.82) is 0 Å². The lowest BCUT2D eigenvalue weighted by Crippen LogP contribution is -2.35. The second kappa shape index (κ2) is 7.80. The molecule has 4 nitrogen and oxygen atoms in total. The summed E-state index contributed by atoms with van der Waals surface area (Å²) in [5, 5.41) is 0.740. The molecule has 0 aliphatic rings. The highest BCUT2D eigenvalue weighted by Crippen LogP contribution is 2.27. The maximum atomic E-state index is 13.0. The minimum absolute atomic E-state index is 0.00674.